The zero-order valence-corrected chi connectivity index (χ0v) is 18.9. The third-order valence-electron chi connectivity index (χ3n) is 4.72. The fraction of sp³-hybridized carbons (Fsp3) is 1.00. The highest BCUT2D eigenvalue weighted by molar-refractivity contribution is 7.99. The number of rotatable bonds is 23. The highest BCUT2D eigenvalue weighted by Gasteiger charge is 1.95. The van der Waals surface area contributed by atoms with Crippen LogP contribution in [0.5, 0.6) is 0 Å². The van der Waals surface area contributed by atoms with Gasteiger partial charge in [-0.1, -0.05) is 64.2 Å². The van der Waals surface area contributed by atoms with Gasteiger partial charge in [0.05, 0.1) is 0 Å². The quantitative estimate of drug-likeness (QED) is 0.186. The van der Waals surface area contributed by atoms with Crippen molar-refractivity contribution in [2.45, 2.75) is 103 Å². The third-order valence-corrected chi connectivity index (χ3v) is 7.03. The number of hydrogen-bond donors (Lipinski definition) is 2. The fourth-order valence-electron chi connectivity index (χ4n) is 3.01. The maximum Gasteiger partial charge on any atom is 0.0431 e. The molecule has 0 unspecified atom stereocenters. The van der Waals surface area contributed by atoms with Crippen molar-refractivity contribution in [1.29, 1.82) is 0 Å². The normalized spacial score (nSPS) is 11.3. The first-order valence-electron chi connectivity index (χ1n) is 11.3. The number of aliphatic hydroxyl groups is 2. The average Bonchev–Trinajstić information content (AvgIpc) is 2.66. The zero-order chi connectivity index (χ0) is 19.0. The van der Waals surface area contributed by atoms with Crippen LogP contribution in [0.1, 0.15) is 103 Å². The average molecular weight is 407 g/mol. The number of aliphatic hydroxyl groups excluding tert-OH is 2. The minimum Gasteiger partial charge on any atom is -0.396 e. The van der Waals surface area contributed by atoms with Crippen molar-refractivity contribution in [2.24, 2.45) is 0 Å². The van der Waals surface area contributed by atoms with Gasteiger partial charge in [-0.15, -0.1) is 0 Å². The van der Waals surface area contributed by atoms with E-state index in [1.165, 1.54) is 113 Å². The smallest absolute Gasteiger partial charge is 0.0431 e. The molecule has 4 heteroatoms. The number of unbranched alkanes of at least 4 members (excludes halogenated alkanes) is 13. The summed E-state index contributed by atoms with van der Waals surface area (Å²) < 4.78 is 0. The van der Waals surface area contributed by atoms with Crippen molar-refractivity contribution in [3.63, 3.8) is 0 Å². The van der Waals surface area contributed by atoms with Crippen molar-refractivity contribution in [3.8, 4) is 0 Å². The Hall–Kier alpha value is 0.620. The van der Waals surface area contributed by atoms with E-state index in [0.717, 1.165) is 12.8 Å². The molecule has 158 valence electrons. The van der Waals surface area contributed by atoms with Crippen molar-refractivity contribution >= 4 is 23.5 Å². The molecule has 26 heavy (non-hydrogen) atoms. The summed E-state index contributed by atoms with van der Waals surface area (Å²) in [5.41, 5.74) is 0. The molecule has 0 spiro atoms. The van der Waals surface area contributed by atoms with Crippen LogP contribution in [0.2, 0.25) is 0 Å². The van der Waals surface area contributed by atoms with E-state index in [1.54, 1.807) is 0 Å². The van der Waals surface area contributed by atoms with Gasteiger partial charge in [0.25, 0.3) is 0 Å². The molecule has 0 aliphatic heterocycles. The monoisotopic (exact) mass is 406 g/mol. The number of hydrogen-bond acceptors (Lipinski definition) is 4. The Morgan fingerprint density at radius 3 is 0.808 bits per heavy atom. The van der Waals surface area contributed by atoms with Gasteiger partial charge >= 0.3 is 0 Å². The summed E-state index contributed by atoms with van der Waals surface area (Å²) >= 11 is 4.24. The van der Waals surface area contributed by atoms with Crippen molar-refractivity contribution < 1.29 is 10.2 Å². The van der Waals surface area contributed by atoms with Crippen LogP contribution >= 0.6 is 23.5 Å². The lowest BCUT2D eigenvalue weighted by atomic mass is 10.1. The lowest BCUT2D eigenvalue weighted by Crippen LogP contribution is -1.88. The van der Waals surface area contributed by atoms with Gasteiger partial charge in [0.1, 0.15) is 0 Å². The van der Waals surface area contributed by atoms with Crippen LogP contribution in [-0.2, 0) is 0 Å². The minimum atomic E-state index is 0.360. The van der Waals surface area contributed by atoms with Gasteiger partial charge in [-0.2, -0.15) is 23.5 Å². The van der Waals surface area contributed by atoms with E-state index in [0.29, 0.717) is 13.2 Å². The minimum absolute atomic E-state index is 0.360. The fourth-order valence-corrected chi connectivity index (χ4v) is 5.05. The highest BCUT2D eigenvalue weighted by Crippen LogP contribution is 2.15. The molecule has 0 fully saturated rings. The van der Waals surface area contributed by atoms with Gasteiger partial charge in [-0.25, -0.2) is 0 Å². The van der Waals surface area contributed by atoms with E-state index in [4.69, 9.17) is 10.2 Å². The molecule has 0 saturated carbocycles. The lowest BCUT2D eigenvalue weighted by molar-refractivity contribution is 0.282. The Kier molecular flexibility index (Phi) is 26.2. The summed E-state index contributed by atoms with van der Waals surface area (Å²) in [6, 6.07) is 0. The molecule has 0 bridgehead atoms. The lowest BCUT2D eigenvalue weighted by Gasteiger charge is -2.04. The highest BCUT2D eigenvalue weighted by atomic mass is 32.2. The first-order chi connectivity index (χ1) is 12.9. The zero-order valence-electron chi connectivity index (χ0n) is 17.3. The summed E-state index contributed by atoms with van der Waals surface area (Å²) in [5, 5.41) is 17.4. The molecule has 0 aliphatic rings. The molecular formula is C22H46O2S2. The summed E-state index contributed by atoms with van der Waals surface area (Å²) in [7, 11) is 0. The SMILES string of the molecule is OCCCCCCSCCCCCCCCCCSCCCCCCO. The van der Waals surface area contributed by atoms with Crippen LogP contribution in [-0.4, -0.2) is 46.4 Å². The first kappa shape index (κ1) is 26.6. The molecule has 0 radical (unpaired) electrons. The van der Waals surface area contributed by atoms with Crippen LogP contribution in [0.25, 0.3) is 0 Å². The molecule has 0 aliphatic carbocycles. The molecule has 2 N–H and O–H groups in total. The van der Waals surface area contributed by atoms with Crippen LogP contribution in [0.3, 0.4) is 0 Å². The maximum absolute atomic E-state index is 8.72. The Morgan fingerprint density at radius 1 is 0.308 bits per heavy atom. The van der Waals surface area contributed by atoms with Crippen LogP contribution in [0.4, 0.5) is 0 Å². The predicted octanol–water partition coefficient (Wildman–Crippen LogP) is 6.68. The third kappa shape index (κ3) is 24.6. The Bertz CT molecular complexity index is 216. The Balaban J connectivity index is 2.95. The maximum atomic E-state index is 8.72. The van der Waals surface area contributed by atoms with Gasteiger partial charge in [-0.05, 0) is 61.5 Å². The van der Waals surface area contributed by atoms with E-state index in [9.17, 15) is 0 Å². The molecule has 0 atom stereocenters. The Morgan fingerprint density at radius 2 is 0.538 bits per heavy atom. The van der Waals surface area contributed by atoms with Crippen LogP contribution < -0.4 is 0 Å². The molecule has 0 aromatic rings. The van der Waals surface area contributed by atoms with Crippen molar-refractivity contribution in [1.82, 2.24) is 0 Å². The van der Waals surface area contributed by atoms with E-state index in [1.807, 2.05) is 0 Å². The molecule has 0 saturated heterocycles. The van der Waals surface area contributed by atoms with Crippen molar-refractivity contribution in [2.75, 3.05) is 36.2 Å². The largest absolute Gasteiger partial charge is 0.396 e. The van der Waals surface area contributed by atoms with Crippen molar-refractivity contribution in [3.05, 3.63) is 0 Å². The summed E-state index contributed by atoms with van der Waals surface area (Å²) in [4.78, 5) is 0. The molecule has 0 rings (SSSR count). The van der Waals surface area contributed by atoms with E-state index >= 15 is 0 Å². The van der Waals surface area contributed by atoms with Crippen LogP contribution in [0.15, 0.2) is 0 Å². The first-order valence-corrected chi connectivity index (χ1v) is 13.6. The number of thioether (sulfide) groups is 2. The topological polar surface area (TPSA) is 40.5 Å². The molecule has 0 heterocycles. The second kappa shape index (κ2) is 25.6. The van der Waals surface area contributed by atoms with E-state index in [2.05, 4.69) is 23.5 Å². The summed E-state index contributed by atoms with van der Waals surface area (Å²) in [5.74, 6) is 5.31. The summed E-state index contributed by atoms with van der Waals surface area (Å²) in [6.45, 7) is 0.720. The molecule has 0 aromatic heterocycles. The summed E-state index contributed by atoms with van der Waals surface area (Å²) in [6.07, 6.45) is 21.0. The van der Waals surface area contributed by atoms with E-state index < -0.39 is 0 Å². The molecule has 2 nitrogen and oxygen atoms in total. The van der Waals surface area contributed by atoms with Gasteiger partial charge in [0.15, 0.2) is 0 Å². The van der Waals surface area contributed by atoms with Gasteiger partial charge in [-0.3, -0.25) is 0 Å². The Labute approximate surface area is 172 Å². The van der Waals surface area contributed by atoms with E-state index in [-0.39, 0.29) is 0 Å². The van der Waals surface area contributed by atoms with Crippen LogP contribution in [0, 0.1) is 0 Å². The molecule has 0 aromatic carbocycles. The molecular weight excluding hydrogens is 360 g/mol. The van der Waals surface area contributed by atoms with Gasteiger partial charge in [0, 0.05) is 13.2 Å². The van der Waals surface area contributed by atoms with Gasteiger partial charge in [0.2, 0.25) is 0 Å². The molecule has 0 amide bonds. The standard InChI is InChI=1S/C22H46O2S2/c23-17-11-5-9-15-21-25-19-13-7-3-1-2-4-8-14-20-26-22-16-10-6-12-18-24/h23-24H,1-22H2. The second-order valence-electron chi connectivity index (χ2n) is 7.33. The predicted molar refractivity (Wildman–Crippen MR) is 123 cm³/mol. The second-order valence-corrected chi connectivity index (χ2v) is 9.78. The van der Waals surface area contributed by atoms with Gasteiger partial charge < -0.3 is 10.2 Å².